The molecule has 0 radical (unpaired) electrons. The molecule has 0 aliphatic carbocycles. The Balaban J connectivity index is 1.71. The van der Waals surface area contributed by atoms with Gasteiger partial charge in [-0.25, -0.2) is 4.39 Å². The summed E-state index contributed by atoms with van der Waals surface area (Å²) in [5.41, 5.74) is 1.10. The molecule has 2 heterocycles. The molecule has 0 spiro atoms. The molecular weight excluding hydrogens is 295 g/mol. The molecular formula is C18H19FN2O2. The molecule has 23 heavy (non-hydrogen) atoms. The molecule has 1 amide bonds. The van der Waals surface area contributed by atoms with Crippen LogP contribution in [-0.2, 0) is 0 Å². The number of nitrogens with zero attached hydrogens (tertiary/aromatic N) is 2. The van der Waals surface area contributed by atoms with Gasteiger partial charge in [-0.15, -0.1) is 0 Å². The molecule has 1 fully saturated rings. The molecule has 4 nitrogen and oxygen atoms in total. The number of aliphatic hydroxyl groups excluding tert-OH is 1. The summed E-state index contributed by atoms with van der Waals surface area (Å²) in [6.45, 7) is 0.627. The molecule has 3 rings (SSSR count). The van der Waals surface area contributed by atoms with Gasteiger partial charge in [0.2, 0.25) is 0 Å². The zero-order valence-electron chi connectivity index (χ0n) is 12.7. The van der Waals surface area contributed by atoms with Gasteiger partial charge in [-0.2, -0.15) is 0 Å². The van der Waals surface area contributed by atoms with Gasteiger partial charge in [0.15, 0.2) is 0 Å². The Hall–Kier alpha value is -2.27. The topological polar surface area (TPSA) is 53.4 Å². The van der Waals surface area contributed by atoms with E-state index in [4.69, 9.17) is 0 Å². The van der Waals surface area contributed by atoms with Crippen molar-refractivity contribution in [3.63, 3.8) is 0 Å². The van der Waals surface area contributed by atoms with E-state index in [0.29, 0.717) is 13.0 Å². The lowest BCUT2D eigenvalue weighted by Gasteiger charge is -2.26. The number of aromatic nitrogens is 1. The third kappa shape index (κ3) is 3.56. The highest BCUT2D eigenvalue weighted by molar-refractivity contribution is 5.94. The van der Waals surface area contributed by atoms with Crippen LogP contribution >= 0.6 is 0 Å². The van der Waals surface area contributed by atoms with Gasteiger partial charge in [-0.3, -0.25) is 9.78 Å². The van der Waals surface area contributed by atoms with Crippen molar-refractivity contribution in [1.29, 1.82) is 0 Å². The molecule has 1 aromatic carbocycles. The van der Waals surface area contributed by atoms with E-state index in [9.17, 15) is 14.3 Å². The first-order valence-electron chi connectivity index (χ1n) is 7.79. The summed E-state index contributed by atoms with van der Waals surface area (Å²) in [7, 11) is 0. The van der Waals surface area contributed by atoms with Gasteiger partial charge in [0, 0.05) is 18.8 Å². The summed E-state index contributed by atoms with van der Waals surface area (Å²) in [4.78, 5) is 18.0. The molecule has 2 unspecified atom stereocenters. The summed E-state index contributed by atoms with van der Waals surface area (Å²) in [5, 5.41) is 10.4. The Morgan fingerprint density at radius 2 is 2.13 bits per heavy atom. The number of carbonyl (C=O) groups is 1. The monoisotopic (exact) mass is 314 g/mol. The molecule has 2 atom stereocenters. The van der Waals surface area contributed by atoms with Gasteiger partial charge in [-0.05, 0) is 30.9 Å². The fourth-order valence-electron chi connectivity index (χ4n) is 3.11. The van der Waals surface area contributed by atoms with Gasteiger partial charge in [-0.1, -0.05) is 30.3 Å². The predicted octanol–water partition coefficient (Wildman–Crippen LogP) is 2.95. The molecule has 0 saturated carbocycles. The van der Waals surface area contributed by atoms with Crippen LogP contribution in [0.2, 0.25) is 0 Å². The minimum Gasteiger partial charge on any atom is -0.388 e. The number of hydrogen-bond donors (Lipinski definition) is 1. The molecule has 1 aliphatic rings. The molecule has 1 N–H and O–H groups in total. The number of likely N-dealkylation sites (tertiary alicyclic amines) is 1. The number of aliphatic hydroxyl groups is 1. The Morgan fingerprint density at radius 3 is 2.87 bits per heavy atom. The van der Waals surface area contributed by atoms with E-state index in [1.54, 1.807) is 4.90 Å². The first kappa shape index (κ1) is 15.6. The number of rotatable bonds is 4. The second-order valence-corrected chi connectivity index (χ2v) is 5.85. The predicted molar refractivity (Wildman–Crippen MR) is 84.3 cm³/mol. The van der Waals surface area contributed by atoms with Crippen LogP contribution in [-0.4, -0.2) is 33.5 Å². The Morgan fingerprint density at radius 1 is 1.35 bits per heavy atom. The van der Waals surface area contributed by atoms with Crippen LogP contribution in [0, 0.1) is 5.82 Å². The zero-order chi connectivity index (χ0) is 16.2. The van der Waals surface area contributed by atoms with E-state index in [2.05, 4.69) is 4.98 Å². The Bertz CT molecular complexity index is 678. The van der Waals surface area contributed by atoms with E-state index < -0.39 is 11.9 Å². The number of halogens is 1. The van der Waals surface area contributed by atoms with Gasteiger partial charge in [0.25, 0.3) is 5.91 Å². The number of carbonyl (C=O) groups excluding carboxylic acids is 1. The van der Waals surface area contributed by atoms with Crippen molar-refractivity contribution in [3.8, 4) is 0 Å². The highest BCUT2D eigenvalue weighted by atomic mass is 19.1. The first-order chi connectivity index (χ1) is 11.1. The van der Waals surface area contributed by atoms with E-state index in [1.807, 2.05) is 30.3 Å². The van der Waals surface area contributed by atoms with Crippen molar-refractivity contribution in [2.45, 2.75) is 31.4 Å². The standard InChI is InChI=1S/C18H19FN2O2/c19-15-9-14(11-20-12-15)18(23)21-8-4-7-16(21)10-17(22)13-5-2-1-3-6-13/h1-3,5-6,9,11-12,16-17,22H,4,7-8,10H2. The summed E-state index contributed by atoms with van der Waals surface area (Å²) in [6.07, 6.45) is 4.07. The molecule has 0 bridgehead atoms. The molecule has 1 saturated heterocycles. The van der Waals surface area contributed by atoms with Gasteiger partial charge >= 0.3 is 0 Å². The van der Waals surface area contributed by atoms with Crippen LogP contribution in [0.1, 0.15) is 41.3 Å². The average molecular weight is 314 g/mol. The van der Waals surface area contributed by atoms with Crippen LogP contribution < -0.4 is 0 Å². The maximum absolute atomic E-state index is 13.3. The Kier molecular flexibility index (Phi) is 4.67. The van der Waals surface area contributed by atoms with Gasteiger partial charge in [0.05, 0.1) is 17.9 Å². The minimum atomic E-state index is -0.611. The van der Waals surface area contributed by atoms with Crippen LogP contribution in [0.5, 0.6) is 0 Å². The van der Waals surface area contributed by atoms with Crippen molar-refractivity contribution in [3.05, 3.63) is 65.7 Å². The fourth-order valence-corrected chi connectivity index (χ4v) is 3.11. The van der Waals surface area contributed by atoms with Crippen molar-refractivity contribution in [2.75, 3.05) is 6.54 Å². The van der Waals surface area contributed by atoms with E-state index >= 15 is 0 Å². The molecule has 2 aromatic rings. The quantitative estimate of drug-likeness (QED) is 0.944. The number of benzene rings is 1. The Labute approximate surface area is 134 Å². The first-order valence-corrected chi connectivity index (χ1v) is 7.79. The summed E-state index contributed by atoms with van der Waals surface area (Å²) in [6, 6.07) is 10.6. The second kappa shape index (κ2) is 6.87. The fraction of sp³-hybridized carbons (Fsp3) is 0.333. The van der Waals surface area contributed by atoms with Crippen molar-refractivity contribution in [2.24, 2.45) is 0 Å². The normalized spacial score (nSPS) is 18.9. The van der Waals surface area contributed by atoms with Crippen LogP contribution in [0.15, 0.2) is 48.8 Å². The number of hydrogen-bond acceptors (Lipinski definition) is 3. The van der Waals surface area contributed by atoms with Gasteiger partial charge < -0.3 is 10.0 Å². The number of amides is 1. The smallest absolute Gasteiger partial charge is 0.255 e. The average Bonchev–Trinajstić information content (AvgIpc) is 3.03. The van der Waals surface area contributed by atoms with Crippen molar-refractivity contribution in [1.82, 2.24) is 9.88 Å². The van der Waals surface area contributed by atoms with Crippen molar-refractivity contribution >= 4 is 5.91 Å². The highest BCUT2D eigenvalue weighted by Crippen LogP contribution is 2.28. The molecule has 1 aliphatic heterocycles. The SMILES string of the molecule is O=C(c1cncc(F)c1)N1CCCC1CC(O)c1ccccc1. The summed E-state index contributed by atoms with van der Waals surface area (Å²) < 4.78 is 13.3. The lowest BCUT2D eigenvalue weighted by atomic mass is 10.0. The maximum atomic E-state index is 13.3. The van der Waals surface area contributed by atoms with E-state index in [1.165, 1.54) is 12.3 Å². The van der Waals surface area contributed by atoms with E-state index in [0.717, 1.165) is 24.6 Å². The van der Waals surface area contributed by atoms with Crippen LogP contribution in [0.3, 0.4) is 0 Å². The van der Waals surface area contributed by atoms with Gasteiger partial charge in [0.1, 0.15) is 5.82 Å². The largest absolute Gasteiger partial charge is 0.388 e. The third-order valence-electron chi connectivity index (χ3n) is 4.27. The van der Waals surface area contributed by atoms with E-state index in [-0.39, 0.29) is 17.5 Å². The maximum Gasteiger partial charge on any atom is 0.255 e. The second-order valence-electron chi connectivity index (χ2n) is 5.85. The van der Waals surface area contributed by atoms with Crippen molar-refractivity contribution < 1.29 is 14.3 Å². The van der Waals surface area contributed by atoms with Crippen LogP contribution in [0.4, 0.5) is 4.39 Å². The minimum absolute atomic E-state index is 0.0408. The molecule has 5 heteroatoms. The molecule has 120 valence electrons. The zero-order valence-corrected chi connectivity index (χ0v) is 12.7. The third-order valence-corrected chi connectivity index (χ3v) is 4.27. The molecule has 1 aromatic heterocycles. The highest BCUT2D eigenvalue weighted by Gasteiger charge is 2.31. The lowest BCUT2D eigenvalue weighted by Crippen LogP contribution is -2.36. The number of pyridine rings is 1. The lowest BCUT2D eigenvalue weighted by molar-refractivity contribution is 0.0666. The van der Waals surface area contributed by atoms with Crippen LogP contribution in [0.25, 0.3) is 0 Å². The summed E-state index contributed by atoms with van der Waals surface area (Å²) >= 11 is 0. The summed E-state index contributed by atoms with van der Waals surface area (Å²) in [5.74, 6) is -0.740.